The number of carbonyl (C=O) groups excluding carboxylic acids is 1. The summed E-state index contributed by atoms with van der Waals surface area (Å²) in [7, 11) is 0. The highest BCUT2D eigenvalue weighted by Gasteiger charge is 2.20. The molecule has 0 aromatic heterocycles. The van der Waals surface area contributed by atoms with Gasteiger partial charge in [0.1, 0.15) is 0 Å². The van der Waals surface area contributed by atoms with Crippen molar-refractivity contribution in [3.8, 4) is 0 Å². The molecule has 1 fully saturated rings. The number of nitrogens with one attached hydrogen (secondary N) is 2. The molecular weight excluding hydrogens is 226 g/mol. The molecule has 4 nitrogen and oxygen atoms in total. The molecule has 1 aromatic rings. The van der Waals surface area contributed by atoms with Crippen molar-refractivity contribution in [2.24, 2.45) is 11.7 Å². The zero-order chi connectivity index (χ0) is 12.8. The van der Waals surface area contributed by atoms with E-state index in [2.05, 4.69) is 10.6 Å². The average molecular weight is 247 g/mol. The molecule has 18 heavy (non-hydrogen) atoms. The van der Waals surface area contributed by atoms with E-state index in [1.807, 2.05) is 30.3 Å². The van der Waals surface area contributed by atoms with Crippen LogP contribution < -0.4 is 16.4 Å². The quantitative estimate of drug-likeness (QED) is 0.737. The van der Waals surface area contributed by atoms with Gasteiger partial charge in [-0.3, -0.25) is 4.79 Å². The number of hydrogen-bond donors (Lipinski definition) is 3. The third-order valence-electron chi connectivity index (χ3n) is 3.39. The number of rotatable bonds is 4. The topological polar surface area (TPSA) is 67.1 Å². The van der Waals surface area contributed by atoms with Gasteiger partial charge in [0, 0.05) is 19.1 Å². The smallest absolute Gasteiger partial charge is 0.224 e. The summed E-state index contributed by atoms with van der Waals surface area (Å²) in [5.41, 5.74) is 7.10. The van der Waals surface area contributed by atoms with Gasteiger partial charge in [0.25, 0.3) is 0 Å². The van der Waals surface area contributed by atoms with Crippen LogP contribution in [0, 0.1) is 5.92 Å². The fourth-order valence-corrected chi connectivity index (χ4v) is 2.25. The molecule has 1 heterocycles. The van der Waals surface area contributed by atoms with Crippen molar-refractivity contribution in [3.05, 3.63) is 35.9 Å². The molecule has 2 rings (SSSR count). The molecule has 0 spiro atoms. The maximum Gasteiger partial charge on any atom is 0.224 e. The van der Waals surface area contributed by atoms with E-state index in [-0.39, 0.29) is 17.9 Å². The van der Waals surface area contributed by atoms with Crippen LogP contribution in [0.4, 0.5) is 0 Å². The molecule has 98 valence electrons. The van der Waals surface area contributed by atoms with E-state index >= 15 is 0 Å². The maximum atomic E-state index is 11.9. The maximum absolute atomic E-state index is 11.9. The van der Waals surface area contributed by atoms with Gasteiger partial charge < -0.3 is 16.4 Å². The van der Waals surface area contributed by atoms with Crippen LogP contribution in [0.2, 0.25) is 0 Å². The van der Waals surface area contributed by atoms with Gasteiger partial charge in [-0.1, -0.05) is 30.3 Å². The molecule has 4 N–H and O–H groups in total. The van der Waals surface area contributed by atoms with E-state index in [9.17, 15) is 4.79 Å². The SMILES string of the molecule is NC(CNC(=O)C1CCCNC1)c1ccccc1. The Morgan fingerprint density at radius 3 is 2.89 bits per heavy atom. The van der Waals surface area contributed by atoms with Gasteiger partial charge in [-0.05, 0) is 24.9 Å². The molecule has 1 aliphatic rings. The van der Waals surface area contributed by atoms with E-state index < -0.39 is 0 Å². The van der Waals surface area contributed by atoms with Crippen LogP contribution in [0.5, 0.6) is 0 Å². The second kappa shape index (κ2) is 6.52. The van der Waals surface area contributed by atoms with E-state index in [0.717, 1.165) is 31.5 Å². The normalized spacial score (nSPS) is 21.3. The largest absolute Gasteiger partial charge is 0.354 e. The fraction of sp³-hybridized carbons (Fsp3) is 0.500. The van der Waals surface area contributed by atoms with Crippen molar-refractivity contribution in [3.63, 3.8) is 0 Å². The van der Waals surface area contributed by atoms with Gasteiger partial charge in [-0.25, -0.2) is 0 Å². The number of piperidine rings is 1. The molecule has 1 aromatic carbocycles. The van der Waals surface area contributed by atoms with Crippen LogP contribution in [-0.2, 0) is 4.79 Å². The molecule has 1 saturated heterocycles. The summed E-state index contributed by atoms with van der Waals surface area (Å²) in [4.78, 5) is 11.9. The molecule has 0 saturated carbocycles. The fourth-order valence-electron chi connectivity index (χ4n) is 2.25. The first-order chi connectivity index (χ1) is 8.77. The van der Waals surface area contributed by atoms with Crippen LogP contribution >= 0.6 is 0 Å². The minimum absolute atomic E-state index is 0.0988. The second-order valence-corrected chi connectivity index (χ2v) is 4.81. The summed E-state index contributed by atoms with van der Waals surface area (Å²) in [6.07, 6.45) is 2.04. The molecule has 0 bridgehead atoms. The van der Waals surface area contributed by atoms with Gasteiger partial charge in [0.05, 0.1) is 5.92 Å². The van der Waals surface area contributed by atoms with Crippen LogP contribution in [0.15, 0.2) is 30.3 Å². The molecule has 2 atom stereocenters. The lowest BCUT2D eigenvalue weighted by molar-refractivity contribution is -0.125. The predicted octanol–water partition coefficient (Wildman–Crippen LogP) is 0.802. The minimum Gasteiger partial charge on any atom is -0.354 e. The zero-order valence-corrected chi connectivity index (χ0v) is 10.6. The lowest BCUT2D eigenvalue weighted by Crippen LogP contribution is -2.42. The summed E-state index contributed by atoms with van der Waals surface area (Å²) in [6.45, 7) is 2.30. The molecular formula is C14H21N3O. The zero-order valence-electron chi connectivity index (χ0n) is 10.6. The summed E-state index contributed by atoms with van der Waals surface area (Å²) < 4.78 is 0. The summed E-state index contributed by atoms with van der Waals surface area (Å²) in [6, 6.07) is 9.72. The van der Waals surface area contributed by atoms with Crippen molar-refractivity contribution in [1.29, 1.82) is 0 Å². The number of hydrogen-bond acceptors (Lipinski definition) is 3. The van der Waals surface area contributed by atoms with Gasteiger partial charge >= 0.3 is 0 Å². The highest BCUT2D eigenvalue weighted by molar-refractivity contribution is 5.79. The Morgan fingerprint density at radius 2 is 2.22 bits per heavy atom. The van der Waals surface area contributed by atoms with Gasteiger partial charge in [-0.2, -0.15) is 0 Å². The monoisotopic (exact) mass is 247 g/mol. The first kappa shape index (κ1) is 13.1. The number of benzene rings is 1. The van der Waals surface area contributed by atoms with E-state index in [0.29, 0.717) is 6.54 Å². The van der Waals surface area contributed by atoms with E-state index in [4.69, 9.17) is 5.73 Å². The standard InChI is InChI=1S/C14H21N3O/c15-13(11-5-2-1-3-6-11)10-17-14(18)12-7-4-8-16-9-12/h1-3,5-6,12-13,16H,4,7-10,15H2,(H,17,18). The van der Waals surface area contributed by atoms with Crippen LogP contribution in [-0.4, -0.2) is 25.5 Å². The molecule has 1 aliphatic heterocycles. The highest BCUT2D eigenvalue weighted by Crippen LogP contribution is 2.11. The van der Waals surface area contributed by atoms with Crippen molar-refractivity contribution >= 4 is 5.91 Å². The molecule has 0 radical (unpaired) electrons. The molecule has 4 heteroatoms. The number of amides is 1. The predicted molar refractivity (Wildman–Crippen MR) is 72.0 cm³/mol. The molecule has 0 aliphatic carbocycles. The Hall–Kier alpha value is -1.39. The van der Waals surface area contributed by atoms with Gasteiger partial charge in [-0.15, -0.1) is 0 Å². The van der Waals surface area contributed by atoms with Crippen molar-refractivity contribution < 1.29 is 4.79 Å². The van der Waals surface area contributed by atoms with E-state index in [1.165, 1.54) is 0 Å². The lowest BCUT2D eigenvalue weighted by atomic mass is 9.98. The summed E-state index contributed by atoms with van der Waals surface area (Å²) in [5, 5.41) is 6.19. The highest BCUT2D eigenvalue weighted by atomic mass is 16.1. The third kappa shape index (κ3) is 3.55. The third-order valence-corrected chi connectivity index (χ3v) is 3.39. The first-order valence-electron chi connectivity index (χ1n) is 6.56. The molecule has 2 unspecified atom stereocenters. The Morgan fingerprint density at radius 1 is 1.44 bits per heavy atom. The van der Waals surface area contributed by atoms with Crippen molar-refractivity contribution in [2.75, 3.05) is 19.6 Å². The second-order valence-electron chi connectivity index (χ2n) is 4.81. The molecule has 1 amide bonds. The van der Waals surface area contributed by atoms with Gasteiger partial charge in [0.2, 0.25) is 5.91 Å². The van der Waals surface area contributed by atoms with Crippen LogP contribution in [0.25, 0.3) is 0 Å². The Kier molecular flexibility index (Phi) is 4.73. The van der Waals surface area contributed by atoms with Crippen LogP contribution in [0.3, 0.4) is 0 Å². The first-order valence-corrected chi connectivity index (χ1v) is 6.56. The number of nitrogens with two attached hydrogens (primary N) is 1. The minimum atomic E-state index is -0.133. The van der Waals surface area contributed by atoms with Gasteiger partial charge in [0.15, 0.2) is 0 Å². The van der Waals surface area contributed by atoms with Crippen molar-refractivity contribution in [2.45, 2.75) is 18.9 Å². The number of carbonyl (C=O) groups is 1. The Balaban J connectivity index is 1.78. The Labute approximate surface area is 108 Å². The Bertz CT molecular complexity index is 374. The summed E-state index contributed by atoms with van der Waals surface area (Å²) in [5.74, 6) is 0.218. The van der Waals surface area contributed by atoms with Crippen molar-refractivity contribution in [1.82, 2.24) is 10.6 Å². The summed E-state index contributed by atoms with van der Waals surface area (Å²) >= 11 is 0. The van der Waals surface area contributed by atoms with E-state index in [1.54, 1.807) is 0 Å². The van der Waals surface area contributed by atoms with Crippen LogP contribution in [0.1, 0.15) is 24.4 Å². The average Bonchev–Trinajstić information content (AvgIpc) is 2.46. The lowest BCUT2D eigenvalue weighted by Gasteiger charge is -2.23.